The molecule has 1 unspecified atom stereocenters. The SMILES string of the molecule is O=C1CCC(N2C(=O)c3cccc(NCCOCCC(=O)N4CCN(CCOc5ccc(/C(=C(/CCCl)c6ccccc6)c6ccccc6)cc5)CC4)c3C2=O)C(=O)N1. The Kier molecular flexibility index (Phi) is 13.8. The summed E-state index contributed by atoms with van der Waals surface area (Å²) in [6, 6.07) is 32.9. The smallest absolute Gasteiger partial charge is 0.264 e. The van der Waals surface area contributed by atoms with E-state index in [0.29, 0.717) is 37.8 Å². The fraction of sp³-hybridized carbons (Fsp3) is 0.326. The first-order valence-corrected chi connectivity index (χ1v) is 20.7. The van der Waals surface area contributed by atoms with Crippen molar-refractivity contribution in [3.05, 3.63) is 131 Å². The van der Waals surface area contributed by atoms with E-state index < -0.39 is 29.7 Å². The van der Waals surface area contributed by atoms with E-state index in [1.165, 1.54) is 5.57 Å². The Balaban J connectivity index is 0.817. The molecule has 0 radical (unpaired) electrons. The van der Waals surface area contributed by atoms with Crippen molar-refractivity contribution in [2.24, 2.45) is 0 Å². The fourth-order valence-corrected chi connectivity index (χ4v) is 8.03. The number of benzene rings is 4. The Hall–Kier alpha value is -5.82. The summed E-state index contributed by atoms with van der Waals surface area (Å²) in [5, 5.41) is 5.36. The number of piperidine rings is 1. The fourth-order valence-electron chi connectivity index (χ4n) is 7.84. The van der Waals surface area contributed by atoms with Crippen molar-refractivity contribution >= 4 is 58.0 Å². The molecule has 0 bridgehead atoms. The van der Waals surface area contributed by atoms with Gasteiger partial charge in [0.25, 0.3) is 11.8 Å². The number of anilines is 1. The largest absolute Gasteiger partial charge is 0.492 e. The minimum Gasteiger partial charge on any atom is -0.492 e. The van der Waals surface area contributed by atoms with Gasteiger partial charge in [0.1, 0.15) is 18.4 Å². The van der Waals surface area contributed by atoms with Crippen molar-refractivity contribution in [3.8, 4) is 5.75 Å². The molecule has 0 saturated carbocycles. The van der Waals surface area contributed by atoms with E-state index >= 15 is 0 Å². The van der Waals surface area contributed by atoms with Gasteiger partial charge in [-0.25, -0.2) is 0 Å². The van der Waals surface area contributed by atoms with Crippen LogP contribution in [0.15, 0.2) is 103 Å². The van der Waals surface area contributed by atoms with E-state index in [9.17, 15) is 24.0 Å². The topological polar surface area (TPSA) is 138 Å². The maximum atomic E-state index is 13.3. The summed E-state index contributed by atoms with van der Waals surface area (Å²) in [6.45, 7) is 4.95. The molecule has 2 saturated heterocycles. The number of imide groups is 2. The number of carbonyl (C=O) groups is 5. The highest BCUT2D eigenvalue weighted by Crippen LogP contribution is 2.36. The molecule has 5 amide bonds. The predicted octanol–water partition coefficient (Wildman–Crippen LogP) is 5.72. The van der Waals surface area contributed by atoms with Gasteiger partial charge in [-0.05, 0) is 64.9 Å². The van der Waals surface area contributed by atoms with Gasteiger partial charge in [-0.3, -0.25) is 39.1 Å². The molecular formula is C46H48ClN5O7. The number of nitrogens with zero attached hydrogens (tertiary/aromatic N) is 3. The Morgan fingerprint density at radius 2 is 1.44 bits per heavy atom. The average Bonchev–Trinajstić information content (AvgIpc) is 3.52. The molecule has 3 aliphatic rings. The van der Waals surface area contributed by atoms with E-state index in [1.54, 1.807) is 18.2 Å². The maximum absolute atomic E-state index is 13.3. The van der Waals surface area contributed by atoms with Gasteiger partial charge in [-0.1, -0.05) is 78.9 Å². The van der Waals surface area contributed by atoms with Crippen LogP contribution in [0.3, 0.4) is 0 Å². The van der Waals surface area contributed by atoms with Crippen molar-refractivity contribution < 1.29 is 33.4 Å². The highest BCUT2D eigenvalue weighted by molar-refractivity contribution is 6.25. The lowest BCUT2D eigenvalue weighted by atomic mass is 9.88. The number of carbonyl (C=O) groups excluding carboxylic acids is 5. The zero-order chi connectivity index (χ0) is 41.1. The summed E-state index contributed by atoms with van der Waals surface area (Å²) in [6.07, 6.45) is 1.15. The highest BCUT2D eigenvalue weighted by Gasteiger charge is 2.45. The second-order valence-electron chi connectivity index (χ2n) is 14.6. The van der Waals surface area contributed by atoms with E-state index in [4.69, 9.17) is 21.1 Å². The highest BCUT2D eigenvalue weighted by atomic mass is 35.5. The number of alkyl halides is 1. The van der Waals surface area contributed by atoms with Crippen molar-refractivity contribution in [1.29, 1.82) is 0 Å². The van der Waals surface area contributed by atoms with Crippen LogP contribution in [0.1, 0.15) is 63.1 Å². The summed E-state index contributed by atoms with van der Waals surface area (Å²) >= 11 is 6.32. The number of hydrogen-bond donors (Lipinski definition) is 2. The van der Waals surface area contributed by atoms with Gasteiger partial charge in [0.15, 0.2) is 0 Å². The third-order valence-corrected chi connectivity index (χ3v) is 11.1. The number of ether oxygens (including phenoxy) is 2. The van der Waals surface area contributed by atoms with Gasteiger partial charge >= 0.3 is 0 Å². The van der Waals surface area contributed by atoms with Gasteiger partial charge in [-0.2, -0.15) is 0 Å². The lowest BCUT2D eigenvalue weighted by Gasteiger charge is -2.34. The monoisotopic (exact) mass is 817 g/mol. The molecule has 0 aliphatic carbocycles. The average molecular weight is 818 g/mol. The number of allylic oxidation sites excluding steroid dienone is 1. The summed E-state index contributed by atoms with van der Waals surface area (Å²) in [5.41, 5.74) is 6.61. The second-order valence-corrected chi connectivity index (χ2v) is 15.0. The zero-order valence-corrected chi connectivity index (χ0v) is 33.6. The Labute approximate surface area is 349 Å². The van der Waals surface area contributed by atoms with Crippen molar-refractivity contribution in [3.63, 3.8) is 0 Å². The first-order valence-electron chi connectivity index (χ1n) is 20.1. The minimum atomic E-state index is -1.03. The van der Waals surface area contributed by atoms with Crippen molar-refractivity contribution in [2.75, 3.05) is 70.3 Å². The number of rotatable bonds is 17. The standard InChI is InChI=1S/C46H48ClN5O7/c47-22-20-36(32-8-3-1-4-9-32)42(33-10-5-2-6-11-33)34-14-16-35(17-15-34)59-31-28-50-24-26-51(27-25-50)41(54)21-29-58-30-23-48-38-13-7-12-37-43(38)46(57)52(45(37)56)39-18-19-40(53)49-44(39)55/h1-17,39,48H,18-31H2,(H,49,53,55)/b42-36-. The molecule has 2 N–H and O–H groups in total. The Morgan fingerprint density at radius 3 is 2.14 bits per heavy atom. The number of piperazine rings is 1. The van der Waals surface area contributed by atoms with Crippen molar-refractivity contribution in [2.45, 2.75) is 31.7 Å². The van der Waals surface area contributed by atoms with Crippen LogP contribution in [0.25, 0.3) is 11.1 Å². The van der Waals surface area contributed by atoms with Crippen LogP contribution < -0.4 is 15.4 Å². The van der Waals surface area contributed by atoms with E-state index in [0.717, 1.165) is 59.0 Å². The van der Waals surface area contributed by atoms with Crippen molar-refractivity contribution in [1.82, 2.24) is 20.0 Å². The molecule has 13 heteroatoms. The molecule has 3 aliphatic heterocycles. The normalized spacial score (nSPS) is 17.4. The molecule has 4 aromatic carbocycles. The zero-order valence-electron chi connectivity index (χ0n) is 32.9. The summed E-state index contributed by atoms with van der Waals surface area (Å²) in [5.74, 6) is -0.845. The van der Waals surface area contributed by atoms with Crippen LogP contribution in [0.4, 0.5) is 5.69 Å². The predicted molar refractivity (Wildman–Crippen MR) is 226 cm³/mol. The quantitative estimate of drug-likeness (QED) is 0.0594. The number of amides is 5. The number of halogens is 1. The number of fused-ring (bicyclic) bond motifs is 1. The van der Waals surface area contributed by atoms with Gasteiger partial charge in [0, 0.05) is 57.3 Å². The Bertz CT molecular complexity index is 2170. The number of hydrogen-bond acceptors (Lipinski definition) is 9. The van der Waals surface area contributed by atoms with Gasteiger partial charge in [-0.15, -0.1) is 11.6 Å². The molecule has 0 spiro atoms. The van der Waals surface area contributed by atoms with Crippen LogP contribution >= 0.6 is 11.6 Å². The molecule has 7 rings (SSSR count). The van der Waals surface area contributed by atoms with Gasteiger partial charge in [0.05, 0.1) is 30.8 Å². The van der Waals surface area contributed by atoms with Crippen LogP contribution in [-0.2, 0) is 19.1 Å². The first kappa shape index (κ1) is 41.3. The third kappa shape index (κ3) is 9.90. The van der Waals surface area contributed by atoms with E-state index in [-0.39, 0.29) is 49.5 Å². The third-order valence-electron chi connectivity index (χ3n) is 10.9. The minimum absolute atomic E-state index is 0.0397. The molecule has 0 aromatic heterocycles. The van der Waals surface area contributed by atoms with Gasteiger partial charge in [0.2, 0.25) is 17.7 Å². The van der Waals surface area contributed by atoms with Crippen LogP contribution in [0.2, 0.25) is 0 Å². The summed E-state index contributed by atoms with van der Waals surface area (Å²) in [4.78, 5) is 68.4. The first-order chi connectivity index (χ1) is 28.8. The molecule has 3 heterocycles. The molecule has 1 atom stereocenters. The molecule has 2 fully saturated rings. The lowest BCUT2D eigenvalue weighted by Crippen LogP contribution is -2.54. The van der Waals surface area contributed by atoms with E-state index in [2.05, 4.69) is 76.2 Å². The van der Waals surface area contributed by atoms with E-state index in [1.807, 2.05) is 29.2 Å². The molecule has 306 valence electrons. The molecular weight excluding hydrogens is 770 g/mol. The van der Waals surface area contributed by atoms with Crippen LogP contribution in [0, 0.1) is 0 Å². The summed E-state index contributed by atoms with van der Waals surface area (Å²) in [7, 11) is 0. The van der Waals surface area contributed by atoms with Gasteiger partial charge < -0.3 is 19.7 Å². The van der Waals surface area contributed by atoms with Crippen LogP contribution in [0.5, 0.6) is 5.75 Å². The summed E-state index contributed by atoms with van der Waals surface area (Å²) < 4.78 is 11.9. The molecule has 12 nitrogen and oxygen atoms in total. The molecule has 4 aromatic rings. The second kappa shape index (κ2) is 19.8. The lowest BCUT2D eigenvalue weighted by molar-refractivity contribution is -0.136. The molecule has 59 heavy (non-hydrogen) atoms. The number of nitrogens with one attached hydrogen (secondary N) is 2. The van der Waals surface area contributed by atoms with Crippen LogP contribution in [-0.4, -0.2) is 115 Å². The maximum Gasteiger partial charge on any atom is 0.264 e. The Morgan fingerprint density at radius 1 is 0.746 bits per heavy atom.